The SMILES string of the molecule is c1ccc(-c2ccc3ccc(-c4ccc5nc(-c6cccc7ccc8ccccc8c67)ccc5c4)cc3n2)nc1. The van der Waals surface area contributed by atoms with Gasteiger partial charge in [0.2, 0.25) is 0 Å². The summed E-state index contributed by atoms with van der Waals surface area (Å²) in [5.41, 5.74) is 8.11. The van der Waals surface area contributed by atoms with Crippen LogP contribution in [-0.2, 0) is 0 Å². The Kier molecular flexibility index (Phi) is 5.14. The second-order valence-electron chi connectivity index (χ2n) is 10.1. The molecule has 186 valence electrons. The van der Waals surface area contributed by atoms with E-state index in [2.05, 4.69) is 114 Å². The summed E-state index contributed by atoms with van der Waals surface area (Å²) in [6.07, 6.45) is 1.80. The molecule has 0 amide bonds. The Morgan fingerprint density at radius 3 is 2.08 bits per heavy atom. The first-order valence-electron chi connectivity index (χ1n) is 13.4. The minimum absolute atomic E-state index is 0.876. The monoisotopic (exact) mass is 509 g/mol. The lowest BCUT2D eigenvalue weighted by Gasteiger charge is -2.11. The third kappa shape index (κ3) is 3.79. The first-order chi connectivity index (χ1) is 19.8. The van der Waals surface area contributed by atoms with E-state index in [-0.39, 0.29) is 0 Å². The molecule has 3 aromatic heterocycles. The Balaban J connectivity index is 1.21. The topological polar surface area (TPSA) is 38.7 Å². The molecule has 0 saturated heterocycles. The molecule has 3 heterocycles. The van der Waals surface area contributed by atoms with Crippen molar-refractivity contribution in [2.24, 2.45) is 0 Å². The number of fused-ring (bicyclic) bond motifs is 5. The summed E-state index contributed by atoms with van der Waals surface area (Å²) in [7, 11) is 0. The number of pyridine rings is 3. The molecule has 5 aromatic carbocycles. The molecule has 0 fully saturated rings. The number of aromatic nitrogens is 3. The van der Waals surface area contributed by atoms with Crippen molar-refractivity contribution in [2.45, 2.75) is 0 Å². The summed E-state index contributed by atoms with van der Waals surface area (Å²) in [4.78, 5) is 14.5. The van der Waals surface area contributed by atoms with Crippen molar-refractivity contribution in [1.82, 2.24) is 15.0 Å². The van der Waals surface area contributed by atoms with Gasteiger partial charge in [-0.1, -0.05) is 91.0 Å². The van der Waals surface area contributed by atoms with E-state index in [1.54, 1.807) is 6.20 Å². The van der Waals surface area contributed by atoms with Gasteiger partial charge >= 0.3 is 0 Å². The molecule has 0 aliphatic heterocycles. The molecule has 0 atom stereocenters. The second kappa shape index (κ2) is 9.11. The van der Waals surface area contributed by atoms with Crippen molar-refractivity contribution in [2.75, 3.05) is 0 Å². The van der Waals surface area contributed by atoms with Crippen molar-refractivity contribution in [3.8, 4) is 33.8 Å². The van der Waals surface area contributed by atoms with Crippen LogP contribution >= 0.6 is 0 Å². The van der Waals surface area contributed by atoms with Gasteiger partial charge in [-0.3, -0.25) is 4.98 Å². The molecule has 8 aromatic rings. The lowest BCUT2D eigenvalue weighted by molar-refractivity contribution is 1.28. The first-order valence-corrected chi connectivity index (χ1v) is 13.4. The van der Waals surface area contributed by atoms with Crippen LogP contribution in [0.25, 0.3) is 77.1 Å². The standard InChI is InChI=1S/C37H23N3/c1-2-8-30-24(6-1)11-13-26-7-5-9-31(37(26)30)33-19-17-29-22-27(16-18-32(29)39-33)28-14-12-25-15-20-35(40-36(25)23-28)34-10-3-4-21-38-34/h1-23H. The Morgan fingerprint density at radius 2 is 1.12 bits per heavy atom. The smallest absolute Gasteiger partial charge is 0.0893 e. The largest absolute Gasteiger partial charge is 0.255 e. The minimum Gasteiger partial charge on any atom is -0.255 e. The zero-order chi connectivity index (χ0) is 26.5. The fraction of sp³-hybridized carbons (Fsp3) is 0. The van der Waals surface area contributed by atoms with E-state index in [1.165, 1.54) is 21.5 Å². The third-order valence-electron chi connectivity index (χ3n) is 7.69. The van der Waals surface area contributed by atoms with Crippen LogP contribution in [0.2, 0.25) is 0 Å². The molecular weight excluding hydrogens is 486 g/mol. The fourth-order valence-corrected chi connectivity index (χ4v) is 5.68. The summed E-state index contributed by atoms with van der Waals surface area (Å²) in [6.45, 7) is 0. The van der Waals surface area contributed by atoms with E-state index in [0.717, 1.165) is 55.6 Å². The highest BCUT2D eigenvalue weighted by Crippen LogP contribution is 2.35. The van der Waals surface area contributed by atoms with Gasteiger partial charge < -0.3 is 0 Å². The Hall–Kier alpha value is -5.41. The first kappa shape index (κ1) is 22.6. The van der Waals surface area contributed by atoms with Crippen LogP contribution < -0.4 is 0 Å². The average Bonchev–Trinajstić information content (AvgIpc) is 3.03. The molecule has 0 saturated carbocycles. The van der Waals surface area contributed by atoms with Gasteiger partial charge in [-0.25, -0.2) is 9.97 Å². The van der Waals surface area contributed by atoms with Crippen LogP contribution in [0.1, 0.15) is 0 Å². The number of benzene rings is 5. The number of nitrogens with zero attached hydrogens (tertiary/aromatic N) is 3. The predicted molar refractivity (Wildman–Crippen MR) is 166 cm³/mol. The fourth-order valence-electron chi connectivity index (χ4n) is 5.68. The maximum Gasteiger partial charge on any atom is 0.0893 e. The Bertz CT molecular complexity index is 2220. The number of hydrogen-bond acceptors (Lipinski definition) is 3. The van der Waals surface area contributed by atoms with Crippen LogP contribution in [0, 0.1) is 0 Å². The third-order valence-corrected chi connectivity index (χ3v) is 7.69. The molecule has 3 nitrogen and oxygen atoms in total. The van der Waals surface area contributed by atoms with E-state index in [0.29, 0.717) is 0 Å². The van der Waals surface area contributed by atoms with Crippen molar-refractivity contribution in [1.29, 1.82) is 0 Å². The number of hydrogen-bond donors (Lipinski definition) is 0. The molecule has 40 heavy (non-hydrogen) atoms. The van der Waals surface area contributed by atoms with E-state index in [4.69, 9.17) is 9.97 Å². The summed E-state index contributed by atoms with van der Waals surface area (Å²) >= 11 is 0. The van der Waals surface area contributed by atoms with Crippen molar-refractivity contribution >= 4 is 43.4 Å². The van der Waals surface area contributed by atoms with Crippen molar-refractivity contribution in [3.63, 3.8) is 0 Å². The highest BCUT2D eigenvalue weighted by molar-refractivity contribution is 6.14. The second-order valence-corrected chi connectivity index (χ2v) is 10.1. The van der Waals surface area contributed by atoms with Crippen LogP contribution in [0.4, 0.5) is 0 Å². The molecule has 0 spiro atoms. The highest BCUT2D eigenvalue weighted by Gasteiger charge is 2.11. The van der Waals surface area contributed by atoms with Gasteiger partial charge in [0.1, 0.15) is 0 Å². The lowest BCUT2D eigenvalue weighted by atomic mass is 9.95. The van der Waals surface area contributed by atoms with Gasteiger partial charge in [0, 0.05) is 22.5 Å². The van der Waals surface area contributed by atoms with Crippen LogP contribution in [0.3, 0.4) is 0 Å². The van der Waals surface area contributed by atoms with Gasteiger partial charge in [-0.15, -0.1) is 0 Å². The van der Waals surface area contributed by atoms with Gasteiger partial charge in [0.25, 0.3) is 0 Å². The highest BCUT2D eigenvalue weighted by atomic mass is 14.8. The van der Waals surface area contributed by atoms with E-state index in [9.17, 15) is 0 Å². The molecule has 0 aliphatic carbocycles. The zero-order valence-corrected chi connectivity index (χ0v) is 21.6. The zero-order valence-electron chi connectivity index (χ0n) is 21.6. The van der Waals surface area contributed by atoms with Gasteiger partial charge in [-0.2, -0.15) is 0 Å². The molecule has 0 aliphatic rings. The van der Waals surface area contributed by atoms with Crippen molar-refractivity contribution in [3.05, 3.63) is 140 Å². The molecule has 0 bridgehead atoms. The van der Waals surface area contributed by atoms with Gasteiger partial charge in [0.05, 0.1) is 28.1 Å². The predicted octanol–water partition coefficient (Wildman–Crippen LogP) is 9.49. The van der Waals surface area contributed by atoms with E-state index in [1.807, 2.05) is 24.3 Å². The quantitative estimate of drug-likeness (QED) is 0.223. The molecule has 0 unspecified atom stereocenters. The lowest BCUT2D eigenvalue weighted by Crippen LogP contribution is -1.90. The summed E-state index contributed by atoms with van der Waals surface area (Å²) in [5, 5.41) is 7.19. The molecule has 0 N–H and O–H groups in total. The van der Waals surface area contributed by atoms with Crippen LogP contribution in [-0.4, -0.2) is 15.0 Å². The van der Waals surface area contributed by atoms with Crippen molar-refractivity contribution < 1.29 is 0 Å². The Morgan fingerprint density at radius 1 is 0.400 bits per heavy atom. The maximum absolute atomic E-state index is 5.11. The van der Waals surface area contributed by atoms with E-state index < -0.39 is 0 Å². The number of rotatable bonds is 3. The minimum atomic E-state index is 0.876. The van der Waals surface area contributed by atoms with E-state index >= 15 is 0 Å². The normalized spacial score (nSPS) is 11.5. The summed E-state index contributed by atoms with van der Waals surface area (Å²) < 4.78 is 0. The van der Waals surface area contributed by atoms with Gasteiger partial charge in [0.15, 0.2) is 0 Å². The van der Waals surface area contributed by atoms with Crippen LogP contribution in [0.5, 0.6) is 0 Å². The van der Waals surface area contributed by atoms with Gasteiger partial charge in [-0.05, 0) is 75.1 Å². The average molecular weight is 510 g/mol. The summed E-state index contributed by atoms with van der Waals surface area (Å²) in [6, 6.07) is 46.8. The molecule has 3 heteroatoms. The maximum atomic E-state index is 5.11. The summed E-state index contributed by atoms with van der Waals surface area (Å²) in [5.74, 6) is 0. The molecule has 0 radical (unpaired) electrons. The van der Waals surface area contributed by atoms with Crippen LogP contribution in [0.15, 0.2) is 140 Å². The molecule has 8 rings (SSSR count). The Labute approximate surface area is 231 Å². The molecular formula is C37H23N3.